The molecule has 0 N–H and O–H groups in total. The molecule has 0 unspecified atom stereocenters. The summed E-state index contributed by atoms with van der Waals surface area (Å²) in [5.74, 6) is 1.50. The van der Waals surface area contributed by atoms with Gasteiger partial charge in [0.15, 0.2) is 0 Å². The molecule has 1 aliphatic rings. The summed E-state index contributed by atoms with van der Waals surface area (Å²) in [4.78, 5) is 14.3. The molecule has 0 spiro atoms. The highest BCUT2D eigenvalue weighted by Gasteiger charge is 2.32. The Morgan fingerprint density at radius 2 is 1.95 bits per heavy atom. The summed E-state index contributed by atoms with van der Waals surface area (Å²) in [7, 11) is 0. The molecule has 1 aromatic heterocycles. The minimum absolute atomic E-state index is 0.0682. The minimum Gasteiger partial charge on any atom is -0.424 e. The van der Waals surface area contributed by atoms with Crippen LogP contribution < -0.4 is 0 Å². The van der Waals surface area contributed by atoms with Gasteiger partial charge in [-0.2, -0.15) is 0 Å². The molecule has 5 nitrogen and oxygen atoms in total. The van der Waals surface area contributed by atoms with Gasteiger partial charge in [0.1, 0.15) is 0 Å². The van der Waals surface area contributed by atoms with E-state index in [-0.39, 0.29) is 17.2 Å². The largest absolute Gasteiger partial charge is 0.424 e. The zero-order chi connectivity index (χ0) is 15.7. The molecule has 2 heterocycles. The van der Waals surface area contributed by atoms with Gasteiger partial charge in [-0.1, -0.05) is 39.0 Å². The summed E-state index contributed by atoms with van der Waals surface area (Å²) in [6.07, 6.45) is 0.865. The van der Waals surface area contributed by atoms with Gasteiger partial charge in [0, 0.05) is 24.1 Å². The smallest absolute Gasteiger partial charge is 0.253 e. The number of amides is 1. The highest BCUT2D eigenvalue weighted by molar-refractivity contribution is 5.94. The number of carbonyl (C=O) groups is 1. The van der Waals surface area contributed by atoms with Crippen LogP contribution in [0, 0.1) is 0 Å². The van der Waals surface area contributed by atoms with E-state index in [0.29, 0.717) is 18.3 Å². The predicted molar refractivity (Wildman–Crippen MR) is 82.7 cm³/mol. The van der Waals surface area contributed by atoms with E-state index in [0.717, 1.165) is 18.5 Å². The molecule has 3 rings (SSSR count). The second kappa shape index (κ2) is 5.55. The third-order valence-electron chi connectivity index (χ3n) is 3.93. The van der Waals surface area contributed by atoms with E-state index >= 15 is 0 Å². The van der Waals surface area contributed by atoms with Crippen LogP contribution in [-0.4, -0.2) is 34.1 Å². The van der Waals surface area contributed by atoms with Crippen LogP contribution in [0.15, 0.2) is 34.7 Å². The van der Waals surface area contributed by atoms with Gasteiger partial charge in [0.25, 0.3) is 5.91 Å². The number of rotatable bonds is 2. The fourth-order valence-corrected chi connectivity index (χ4v) is 2.61. The molecule has 1 saturated heterocycles. The number of carbonyl (C=O) groups excluding carboxylic acids is 1. The first kappa shape index (κ1) is 14.8. The van der Waals surface area contributed by atoms with Crippen LogP contribution in [-0.2, 0) is 5.41 Å². The van der Waals surface area contributed by atoms with E-state index in [1.165, 1.54) is 0 Å². The van der Waals surface area contributed by atoms with Gasteiger partial charge >= 0.3 is 0 Å². The van der Waals surface area contributed by atoms with Crippen LogP contribution in [0.5, 0.6) is 0 Å². The summed E-state index contributed by atoms with van der Waals surface area (Å²) in [6, 6.07) is 9.37. The monoisotopic (exact) mass is 299 g/mol. The lowest BCUT2D eigenvalue weighted by Gasteiger charge is -2.15. The normalized spacial score (nSPS) is 18.7. The van der Waals surface area contributed by atoms with E-state index in [9.17, 15) is 4.79 Å². The van der Waals surface area contributed by atoms with Crippen molar-refractivity contribution in [2.24, 2.45) is 0 Å². The molecule has 1 amide bonds. The number of aromatic nitrogens is 2. The Hall–Kier alpha value is -2.17. The molecule has 5 heteroatoms. The molecular weight excluding hydrogens is 278 g/mol. The first-order chi connectivity index (χ1) is 10.4. The molecule has 1 atom stereocenters. The van der Waals surface area contributed by atoms with E-state index < -0.39 is 0 Å². The summed E-state index contributed by atoms with van der Waals surface area (Å²) < 4.78 is 5.81. The Bertz CT molecular complexity index is 658. The Labute approximate surface area is 130 Å². The van der Waals surface area contributed by atoms with Crippen LogP contribution in [0.3, 0.4) is 0 Å². The summed E-state index contributed by atoms with van der Waals surface area (Å²) in [5.41, 5.74) is 0.577. The van der Waals surface area contributed by atoms with Crippen LogP contribution >= 0.6 is 0 Å². The van der Waals surface area contributed by atoms with E-state index in [4.69, 9.17) is 4.42 Å². The minimum atomic E-state index is -0.149. The molecule has 1 aromatic carbocycles. The lowest BCUT2D eigenvalue weighted by atomic mass is 9.97. The van der Waals surface area contributed by atoms with Crippen LogP contribution in [0.25, 0.3) is 0 Å². The summed E-state index contributed by atoms with van der Waals surface area (Å²) >= 11 is 0. The molecular formula is C17H21N3O2. The van der Waals surface area contributed by atoms with E-state index in [1.54, 1.807) is 0 Å². The Kier molecular flexibility index (Phi) is 3.72. The Morgan fingerprint density at radius 3 is 2.59 bits per heavy atom. The quantitative estimate of drug-likeness (QED) is 0.855. The number of hydrogen-bond acceptors (Lipinski definition) is 4. The van der Waals surface area contributed by atoms with Gasteiger partial charge < -0.3 is 9.32 Å². The molecule has 0 aliphatic carbocycles. The average molecular weight is 299 g/mol. The Morgan fingerprint density at radius 1 is 1.23 bits per heavy atom. The predicted octanol–water partition coefficient (Wildman–Crippen LogP) is 3.00. The highest BCUT2D eigenvalue weighted by atomic mass is 16.4. The van der Waals surface area contributed by atoms with Crippen molar-refractivity contribution in [3.05, 3.63) is 47.7 Å². The molecule has 2 aromatic rings. The van der Waals surface area contributed by atoms with Crippen LogP contribution in [0.2, 0.25) is 0 Å². The highest BCUT2D eigenvalue weighted by Crippen LogP contribution is 2.29. The maximum atomic E-state index is 12.4. The number of nitrogens with zero attached hydrogens (tertiary/aromatic N) is 3. The third kappa shape index (κ3) is 2.89. The van der Waals surface area contributed by atoms with Gasteiger partial charge in [-0.05, 0) is 18.6 Å². The second-order valence-corrected chi connectivity index (χ2v) is 6.80. The standard InChI is InChI=1S/C17H21N3O2/c1-17(2,3)16-19-18-14(22-16)13-9-10-20(11-13)15(21)12-7-5-4-6-8-12/h4-8,13H,9-11H2,1-3H3/t13-/m0/s1. The zero-order valence-electron chi connectivity index (χ0n) is 13.2. The second-order valence-electron chi connectivity index (χ2n) is 6.80. The molecule has 0 bridgehead atoms. The fourth-order valence-electron chi connectivity index (χ4n) is 2.61. The summed E-state index contributed by atoms with van der Waals surface area (Å²) in [5, 5.41) is 8.32. The van der Waals surface area contributed by atoms with Crippen molar-refractivity contribution < 1.29 is 9.21 Å². The average Bonchev–Trinajstić information content (AvgIpc) is 3.15. The molecule has 116 valence electrons. The van der Waals surface area contributed by atoms with Gasteiger partial charge in [0.2, 0.25) is 11.8 Å². The van der Waals surface area contributed by atoms with Crippen molar-refractivity contribution in [1.29, 1.82) is 0 Å². The third-order valence-corrected chi connectivity index (χ3v) is 3.93. The number of likely N-dealkylation sites (tertiary alicyclic amines) is 1. The lowest BCUT2D eigenvalue weighted by Crippen LogP contribution is -2.28. The van der Waals surface area contributed by atoms with Crippen molar-refractivity contribution in [2.75, 3.05) is 13.1 Å². The van der Waals surface area contributed by atoms with Crippen molar-refractivity contribution >= 4 is 5.91 Å². The SMILES string of the molecule is CC(C)(C)c1nnc([C@H]2CCN(C(=O)c3ccccc3)C2)o1. The van der Waals surface area contributed by atoms with Gasteiger partial charge in [-0.15, -0.1) is 10.2 Å². The van der Waals surface area contributed by atoms with Crippen molar-refractivity contribution in [3.63, 3.8) is 0 Å². The first-order valence-electron chi connectivity index (χ1n) is 7.63. The zero-order valence-corrected chi connectivity index (χ0v) is 13.2. The lowest BCUT2D eigenvalue weighted by molar-refractivity contribution is 0.0790. The molecule has 0 saturated carbocycles. The molecule has 1 fully saturated rings. The first-order valence-corrected chi connectivity index (χ1v) is 7.63. The van der Waals surface area contributed by atoms with Crippen molar-refractivity contribution in [2.45, 2.75) is 38.5 Å². The van der Waals surface area contributed by atoms with Gasteiger partial charge in [-0.3, -0.25) is 4.79 Å². The van der Waals surface area contributed by atoms with E-state index in [2.05, 4.69) is 10.2 Å². The molecule has 1 aliphatic heterocycles. The maximum absolute atomic E-state index is 12.4. The topological polar surface area (TPSA) is 59.2 Å². The van der Waals surface area contributed by atoms with Crippen molar-refractivity contribution in [3.8, 4) is 0 Å². The van der Waals surface area contributed by atoms with Crippen LogP contribution in [0.1, 0.15) is 55.2 Å². The van der Waals surface area contributed by atoms with Crippen molar-refractivity contribution in [1.82, 2.24) is 15.1 Å². The Balaban J connectivity index is 1.70. The maximum Gasteiger partial charge on any atom is 0.253 e. The molecule has 0 radical (unpaired) electrons. The number of benzene rings is 1. The number of hydrogen-bond donors (Lipinski definition) is 0. The van der Waals surface area contributed by atoms with E-state index in [1.807, 2.05) is 56.0 Å². The fraction of sp³-hybridized carbons (Fsp3) is 0.471. The van der Waals surface area contributed by atoms with Crippen LogP contribution in [0.4, 0.5) is 0 Å². The van der Waals surface area contributed by atoms with Gasteiger partial charge in [0.05, 0.1) is 5.92 Å². The van der Waals surface area contributed by atoms with Gasteiger partial charge in [-0.25, -0.2) is 0 Å². The summed E-state index contributed by atoms with van der Waals surface area (Å²) in [6.45, 7) is 7.50. The molecule has 22 heavy (non-hydrogen) atoms.